The number of amides is 2. The lowest BCUT2D eigenvalue weighted by molar-refractivity contribution is -0.124. The largest absolute Gasteiger partial charge is 0.346 e. The van der Waals surface area contributed by atoms with Crippen LogP contribution >= 0.6 is 0 Å². The Bertz CT molecular complexity index is 1210. The van der Waals surface area contributed by atoms with E-state index in [1.54, 1.807) is 9.80 Å². The van der Waals surface area contributed by atoms with Gasteiger partial charge in [0.1, 0.15) is 0 Å². The Kier molecular flexibility index (Phi) is 7.85. The zero-order chi connectivity index (χ0) is 27.6. The van der Waals surface area contributed by atoms with Crippen LogP contribution in [0.1, 0.15) is 74.4 Å². The van der Waals surface area contributed by atoms with Crippen molar-refractivity contribution in [2.45, 2.75) is 52.1 Å². The predicted molar refractivity (Wildman–Crippen MR) is 149 cm³/mol. The van der Waals surface area contributed by atoms with E-state index in [2.05, 4.69) is 13.8 Å². The summed E-state index contributed by atoms with van der Waals surface area (Å²) in [4.78, 5) is 31.9. The highest BCUT2D eigenvalue weighted by Gasteiger charge is 2.48. The zero-order valence-electron chi connectivity index (χ0n) is 23.2. The van der Waals surface area contributed by atoms with Gasteiger partial charge in [0.25, 0.3) is 11.8 Å². The second kappa shape index (κ2) is 11.7. The van der Waals surface area contributed by atoms with Crippen LogP contribution in [0, 0.1) is 0 Å². The van der Waals surface area contributed by atoms with Crippen LogP contribution in [-0.4, -0.2) is 61.1 Å². The molecular formula is C32H36N2O6. The average Bonchev–Trinajstić information content (AvgIpc) is 3.79. The van der Waals surface area contributed by atoms with Gasteiger partial charge in [0.05, 0.1) is 49.0 Å². The number of rotatable bonds is 10. The summed E-state index contributed by atoms with van der Waals surface area (Å²) in [5.41, 5.74) is 5.91. The topological polar surface area (TPSA) is 77.5 Å². The number of ether oxygens (including phenoxy) is 4. The highest BCUT2D eigenvalue weighted by molar-refractivity contribution is 6.30. The summed E-state index contributed by atoms with van der Waals surface area (Å²) in [6, 6.07) is 15.7. The maximum atomic E-state index is 14.1. The first-order valence-electron chi connectivity index (χ1n) is 14.4. The molecule has 0 radical (unpaired) electrons. The SMILES string of the molecule is CCCCN1C(=O)C2=C(c3ccc(C4OCCO4)cc3)N(CCCC)C(=O)C2=C1c1ccc(C2OCCO2)cc1. The van der Waals surface area contributed by atoms with E-state index < -0.39 is 0 Å². The van der Waals surface area contributed by atoms with E-state index in [0.717, 1.165) is 47.9 Å². The Morgan fingerprint density at radius 3 is 1.27 bits per heavy atom. The van der Waals surface area contributed by atoms with Crippen molar-refractivity contribution in [1.29, 1.82) is 0 Å². The summed E-state index contributed by atoms with van der Waals surface area (Å²) in [5, 5.41) is 0. The molecule has 4 heterocycles. The molecule has 2 fully saturated rings. The fourth-order valence-electron chi connectivity index (χ4n) is 5.75. The van der Waals surface area contributed by atoms with Crippen molar-refractivity contribution >= 4 is 23.2 Å². The van der Waals surface area contributed by atoms with Crippen LogP contribution in [0.4, 0.5) is 0 Å². The number of carbonyl (C=O) groups excluding carboxylic acids is 2. The van der Waals surface area contributed by atoms with Crippen molar-refractivity contribution in [3.8, 4) is 0 Å². The van der Waals surface area contributed by atoms with Gasteiger partial charge in [0.2, 0.25) is 0 Å². The number of benzene rings is 2. The molecule has 0 aliphatic carbocycles. The Balaban J connectivity index is 1.45. The molecule has 4 aliphatic rings. The number of fused-ring (bicyclic) bond motifs is 1. The average molecular weight is 545 g/mol. The molecular weight excluding hydrogens is 508 g/mol. The van der Waals surface area contributed by atoms with Crippen LogP contribution in [-0.2, 0) is 28.5 Å². The summed E-state index contributed by atoms with van der Waals surface area (Å²) >= 11 is 0. The van der Waals surface area contributed by atoms with E-state index in [9.17, 15) is 9.59 Å². The van der Waals surface area contributed by atoms with Gasteiger partial charge in [-0.25, -0.2) is 0 Å². The molecule has 2 amide bonds. The number of carbonyl (C=O) groups is 2. The normalized spacial score (nSPS) is 20.1. The number of hydrogen-bond donors (Lipinski definition) is 0. The lowest BCUT2D eigenvalue weighted by atomic mass is 10.0. The Morgan fingerprint density at radius 2 is 0.950 bits per heavy atom. The molecule has 2 saturated heterocycles. The van der Waals surface area contributed by atoms with Gasteiger partial charge in [0.15, 0.2) is 12.6 Å². The van der Waals surface area contributed by atoms with Crippen molar-refractivity contribution in [1.82, 2.24) is 9.80 Å². The molecule has 8 heteroatoms. The summed E-state index contributed by atoms with van der Waals surface area (Å²) in [6.45, 7) is 7.60. The van der Waals surface area contributed by atoms with Crippen LogP contribution in [0.25, 0.3) is 11.4 Å². The smallest absolute Gasteiger partial charge is 0.261 e. The first kappa shape index (κ1) is 26.9. The van der Waals surface area contributed by atoms with Gasteiger partial charge in [-0.1, -0.05) is 75.2 Å². The summed E-state index contributed by atoms with van der Waals surface area (Å²) in [6.07, 6.45) is 2.81. The molecule has 0 unspecified atom stereocenters. The first-order chi connectivity index (χ1) is 19.6. The molecule has 8 nitrogen and oxygen atoms in total. The fraction of sp³-hybridized carbons (Fsp3) is 0.438. The molecule has 4 aliphatic heterocycles. The van der Waals surface area contributed by atoms with E-state index in [-0.39, 0.29) is 24.4 Å². The Labute approximate surface area is 235 Å². The highest BCUT2D eigenvalue weighted by atomic mass is 16.7. The summed E-state index contributed by atoms with van der Waals surface area (Å²) < 4.78 is 22.6. The molecule has 0 spiro atoms. The van der Waals surface area contributed by atoms with Gasteiger partial charge in [-0.05, 0) is 24.0 Å². The van der Waals surface area contributed by atoms with Crippen LogP contribution in [0.3, 0.4) is 0 Å². The molecule has 0 aromatic heterocycles. The minimum Gasteiger partial charge on any atom is -0.346 e. The van der Waals surface area contributed by atoms with Crippen LogP contribution in [0.15, 0.2) is 59.7 Å². The van der Waals surface area contributed by atoms with E-state index in [1.807, 2.05) is 48.5 Å². The fourth-order valence-corrected chi connectivity index (χ4v) is 5.75. The first-order valence-corrected chi connectivity index (χ1v) is 14.4. The molecule has 210 valence electrons. The molecule has 0 saturated carbocycles. The van der Waals surface area contributed by atoms with Crippen molar-refractivity contribution < 1.29 is 28.5 Å². The van der Waals surface area contributed by atoms with E-state index in [0.29, 0.717) is 62.1 Å². The van der Waals surface area contributed by atoms with Gasteiger partial charge in [-0.15, -0.1) is 0 Å². The van der Waals surface area contributed by atoms with E-state index in [1.165, 1.54) is 0 Å². The lowest BCUT2D eigenvalue weighted by Crippen LogP contribution is -2.31. The third kappa shape index (κ3) is 4.79. The molecule has 0 atom stereocenters. The molecule has 0 bridgehead atoms. The number of unbranched alkanes of at least 4 members (excludes halogenated alkanes) is 2. The standard InChI is InChI=1S/C32H36N2O6/c1-3-5-15-33-27(21-7-11-23(12-8-21)31-37-17-18-38-31)25-26(29(33)35)28(34(30(25)36)16-6-4-2)22-9-13-24(14-10-22)32-39-19-20-40-32/h7-14,31-32H,3-6,15-20H2,1-2H3. The lowest BCUT2D eigenvalue weighted by Gasteiger charge is -2.25. The molecule has 40 heavy (non-hydrogen) atoms. The maximum Gasteiger partial charge on any atom is 0.261 e. The number of hydrogen-bond acceptors (Lipinski definition) is 6. The predicted octanol–water partition coefficient (Wildman–Crippen LogP) is 5.18. The van der Waals surface area contributed by atoms with Crippen LogP contribution in [0.2, 0.25) is 0 Å². The quantitative estimate of drug-likeness (QED) is 0.410. The monoisotopic (exact) mass is 544 g/mol. The minimum atomic E-state index is -0.379. The van der Waals surface area contributed by atoms with Crippen molar-refractivity contribution in [3.63, 3.8) is 0 Å². The van der Waals surface area contributed by atoms with Gasteiger partial charge in [-0.3, -0.25) is 9.59 Å². The van der Waals surface area contributed by atoms with Crippen molar-refractivity contribution in [2.75, 3.05) is 39.5 Å². The summed E-state index contributed by atoms with van der Waals surface area (Å²) in [5.74, 6) is -0.224. The van der Waals surface area contributed by atoms with Gasteiger partial charge < -0.3 is 28.7 Å². The maximum absolute atomic E-state index is 14.1. The van der Waals surface area contributed by atoms with Crippen molar-refractivity contribution in [2.24, 2.45) is 0 Å². The third-order valence-electron chi connectivity index (χ3n) is 7.81. The van der Waals surface area contributed by atoms with Gasteiger partial charge >= 0.3 is 0 Å². The molecule has 6 rings (SSSR count). The van der Waals surface area contributed by atoms with Crippen LogP contribution < -0.4 is 0 Å². The Morgan fingerprint density at radius 1 is 0.600 bits per heavy atom. The summed E-state index contributed by atoms with van der Waals surface area (Å²) in [7, 11) is 0. The number of nitrogens with zero attached hydrogens (tertiary/aromatic N) is 2. The molecule has 2 aromatic rings. The molecule has 0 N–H and O–H groups in total. The molecule has 2 aromatic carbocycles. The van der Waals surface area contributed by atoms with E-state index >= 15 is 0 Å². The minimum absolute atomic E-state index is 0.112. The Hall–Kier alpha value is -3.30. The van der Waals surface area contributed by atoms with Gasteiger partial charge in [-0.2, -0.15) is 0 Å². The third-order valence-corrected chi connectivity index (χ3v) is 7.81. The second-order valence-corrected chi connectivity index (χ2v) is 10.5. The van der Waals surface area contributed by atoms with E-state index in [4.69, 9.17) is 18.9 Å². The van der Waals surface area contributed by atoms with Gasteiger partial charge in [0, 0.05) is 24.2 Å². The zero-order valence-corrected chi connectivity index (χ0v) is 23.2. The van der Waals surface area contributed by atoms with Crippen LogP contribution in [0.5, 0.6) is 0 Å². The highest BCUT2D eigenvalue weighted by Crippen LogP contribution is 2.47. The van der Waals surface area contributed by atoms with Crippen molar-refractivity contribution in [3.05, 3.63) is 81.9 Å². The second-order valence-electron chi connectivity index (χ2n) is 10.5.